The number of benzene rings is 1. The molecule has 0 fully saturated rings. The maximum Gasteiger partial charge on any atom is 0.256 e. The molecule has 0 saturated heterocycles. The normalized spacial score (nSPS) is 10.9. The summed E-state index contributed by atoms with van der Waals surface area (Å²) in [6.07, 6.45) is 1.53. The third-order valence-electron chi connectivity index (χ3n) is 2.85. The van der Waals surface area contributed by atoms with Crippen molar-refractivity contribution in [3.05, 3.63) is 52.9 Å². The standard InChI is InChI=1S/C16H18ClFN2O/c1-11(2)9-19-10-12-7-8-20-16(15(12)18)21-14-6-4-3-5-13(14)17/h3-8,11,19H,9-10H2,1-2H3. The number of halogens is 2. The van der Waals surface area contributed by atoms with Gasteiger partial charge in [-0.05, 0) is 30.7 Å². The molecule has 112 valence electrons. The lowest BCUT2D eigenvalue weighted by molar-refractivity contribution is 0.416. The molecule has 0 aliphatic rings. The molecule has 21 heavy (non-hydrogen) atoms. The van der Waals surface area contributed by atoms with E-state index in [2.05, 4.69) is 24.1 Å². The van der Waals surface area contributed by atoms with Crippen LogP contribution in [0, 0.1) is 11.7 Å². The Hall–Kier alpha value is -1.65. The average molecular weight is 309 g/mol. The predicted molar refractivity (Wildman–Crippen MR) is 82.3 cm³/mol. The van der Waals surface area contributed by atoms with Gasteiger partial charge in [0.15, 0.2) is 5.82 Å². The molecule has 0 unspecified atom stereocenters. The van der Waals surface area contributed by atoms with E-state index < -0.39 is 5.82 Å². The van der Waals surface area contributed by atoms with Gasteiger partial charge >= 0.3 is 0 Å². The van der Waals surface area contributed by atoms with Gasteiger partial charge in [0.1, 0.15) is 5.75 Å². The van der Waals surface area contributed by atoms with Crippen LogP contribution in [-0.2, 0) is 6.54 Å². The van der Waals surface area contributed by atoms with Crippen LogP contribution in [0.5, 0.6) is 11.6 Å². The van der Waals surface area contributed by atoms with E-state index in [-0.39, 0.29) is 5.88 Å². The lowest BCUT2D eigenvalue weighted by Crippen LogP contribution is -2.19. The van der Waals surface area contributed by atoms with Gasteiger partial charge in [0.2, 0.25) is 0 Å². The van der Waals surface area contributed by atoms with Gasteiger partial charge in [0.25, 0.3) is 5.88 Å². The van der Waals surface area contributed by atoms with Crippen LogP contribution < -0.4 is 10.1 Å². The summed E-state index contributed by atoms with van der Waals surface area (Å²) in [5.41, 5.74) is 0.521. The van der Waals surface area contributed by atoms with Crippen molar-refractivity contribution in [2.75, 3.05) is 6.54 Å². The number of nitrogens with one attached hydrogen (secondary N) is 1. The Morgan fingerprint density at radius 1 is 1.29 bits per heavy atom. The molecule has 3 nitrogen and oxygen atoms in total. The fourth-order valence-electron chi connectivity index (χ4n) is 1.80. The van der Waals surface area contributed by atoms with Crippen LogP contribution >= 0.6 is 11.6 Å². The molecule has 0 bridgehead atoms. The Morgan fingerprint density at radius 3 is 2.76 bits per heavy atom. The van der Waals surface area contributed by atoms with Crippen molar-refractivity contribution in [3.63, 3.8) is 0 Å². The highest BCUT2D eigenvalue weighted by atomic mass is 35.5. The maximum absolute atomic E-state index is 14.3. The SMILES string of the molecule is CC(C)CNCc1ccnc(Oc2ccccc2Cl)c1F. The van der Waals surface area contributed by atoms with Crippen LogP contribution in [0.4, 0.5) is 4.39 Å². The Balaban J connectivity index is 2.12. The van der Waals surface area contributed by atoms with Gasteiger partial charge in [-0.1, -0.05) is 37.6 Å². The molecule has 0 aliphatic carbocycles. The number of aromatic nitrogens is 1. The maximum atomic E-state index is 14.3. The van der Waals surface area contributed by atoms with Crippen molar-refractivity contribution < 1.29 is 9.13 Å². The fraction of sp³-hybridized carbons (Fsp3) is 0.312. The molecule has 1 N–H and O–H groups in total. The first-order valence-electron chi connectivity index (χ1n) is 6.84. The highest BCUT2D eigenvalue weighted by Gasteiger charge is 2.13. The number of ether oxygens (including phenoxy) is 1. The van der Waals surface area contributed by atoms with Gasteiger partial charge in [-0.25, -0.2) is 9.37 Å². The van der Waals surface area contributed by atoms with Crippen LogP contribution in [-0.4, -0.2) is 11.5 Å². The van der Waals surface area contributed by atoms with Crippen LogP contribution in [0.3, 0.4) is 0 Å². The second-order valence-corrected chi connectivity index (χ2v) is 5.55. The molecule has 1 aromatic carbocycles. The number of pyridine rings is 1. The van der Waals surface area contributed by atoms with E-state index in [0.29, 0.717) is 28.8 Å². The summed E-state index contributed by atoms with van der Waals surface area (Å²) in [4.78, 5) is 3.93. The minimum absolute atomic E-state index is 0.0630. The van der Waals surface area contributed by atoms with Crippen LogP contribution in [0.15, 0.2) is 36.5 Å². The molecule has 0 radical (unpaired) electrons. The molecule has 0 amide bonds. The van der Waals surface area contributed by atoms with Crippen LogP contribution in [0.25, 0.3) is 0 Å². The number of nitrogens with zero attached hydrogens (tertiary/aromatic N) is 1. The zero-order chi connectivity index (χ0) is 15.2. The van der Waals surface area contributed by atoms with E-state index in [1.165, 1.54) is 6.20 Å². The van der Waals surface area contributed by atoms with E-state index >= 15 is 0 Å². The highest BCUT2D eigenvalue weighted by Crippen LogP contribution is 2.29. The molecule has 1 aromatic heterocycles. The first kappa shape index (κ1) is 15.7. The summed E-state index contributed by atoms with van der Waals surface area (Å²) in [5, 5.41) is 3.61. The first-order chi connectivity index (χ1) is 10.1. The van der Waals surface area contributed by atoms with E-state index in [4.69, 9.17) is 16.3 Å². The zero-order valence-electron chi connectivity index (χ0n) is 12.1. The smallest absolute Gasteiger partial charge is 0.256 e. The Bertz CT molecular complexity index is 605. The van der Waals surface area contributed by atoms with Gasteiger partial charge in [-0.15, -0.1) is 0 Å². The van der Waals surface area contributed by atoms with Crippen molar-refractivity contribution in [3.8, 4) is 11.6 Å². The minimum Gasteiger partial charge on any atom is -0.435 e. The average Bonchev–Trinajstić information content (AvgIpc) is 2.45. The largest absolute Gasteiger partial charge is 0.435 e. The number of hydrogen-bond donors (Lipinski definition) is 1. The summed E-state index contributed by atoms with van der Waals surface area (Å²) in [5.74, 6) is 0.368. The van der Waals surface area contributed by atoms with E-state index in [1.807, 2.05) is 0 Å². The Morgan fingerprint density at radius 2 is 2.05 bits per heavy atom. The first-order valence-corrected chi connectivity index (χ1v) is 7.22. The van der Waals surface area contributed by atoms with E-state index in [9.17, 15) is 4.39 Å². The van der Waals surface area contributed by atoms with Crippen molar-refractivity contribution in [2.45, 2.75) is 20.4 Å². The highest BCUT2D eigenvalue weighted by molar-refractivity contribution is 6.32. The number of hydrogen-bond acceptors (Lipinski definition) is 3. The zero-order valence-corrected chi connectivity index (χ0v) is 12.8. The van der Waals surface area contributed by atoms with Gasteiger partial charge < -0.3 is 10.1 Å². The van der Waals surface area contributed by atoms with Crippen LogP contribution in [0.2, 0.25) is 5.02 Å². The lowest BCUT2D eigenvalue weighted by Gasteiger charge is -2.11. The van der Waals surface area contributed by atoms with Crippen molar-refractivity contribution in [1.82, 2.24) is 10.3 Å². The lowest BCUT2D eigenvalue weighted by atomic mass is 10.2. The molecule has 0 atom stereocenters. The second kappa shape index (κ2) is 7.38. The van der Waals surface area contributed by atoms with Gasteiger partial charge in [-0.3, -0.25) is 0 Å². The van der Waals surface area contributed by atoms with E-state index in [1.54, 1.807) is 30.3 Å². The predicted octanol–water partition coefficient (Wildman–Crippen LogP) is 4.41. The second-order valence-electron chi connectivity index (χ2n) is 5.15. The molecule has 0 saturated carbocycles. The molecule has 5 heteroatoms. The Labute approximate surface area is 129 Å². The fourth-order valence-corrected chi connectivity index (χ4v) is 1.97. The number of rotatable bonds is 6. The summed E-state index contributed by atoms with van der Waals surface area (Å²) in [6.45, 7) is 5.46. The summed E-state index contributed by atoms with van der Waals surface area (Å²) in [7, 11) is 0. The summed E-state index contributed by atoms with van der Waals surface area (Å²) in [6, 6.07) is 8.55. The van der Waals surface area contributed by atoms with Gasteiger partial charge in [0, 0.05) is 18.3 Å². The quantitative estimate of drug-likeness (QED) is 0.858. The molecule has 2 rings (SSSR count). The molecule has 0 aliphatic heterocycles. The van der Waals surface area contributed by atoms with Crippen molar-refractivity contribution in [2.24, 2.45) is 5.92 Å². The van der Waals surface area contributed by atoms with Crippen LogP contribution in [0.1, 0.15) is 19.4 Å². The third-order valence-corrected chi connectivity index (χ3v) is 3.16. The summed E-state index contributed by atoms with van der Waals surface area (Å²) >= 11 is 6.00. The number of para-hydroxylation sites is 1. The molecular weight excluding hydrogens is 291 g/mol. The molecule has 2 aromatic rings. The molecule has 1 heterocycles. The monoisotopic (exact) mass is 308 g/mol. The Kier molecular flexibility index (Phi) is 5.53. The van der Waals surface area contributed by atoms with Crippen molar-refractivity contribution >= 4 is 11.6 Å². The van der Waals surface area contributed by atoms with Gasteiger partial charge in [-0.2, -0.15) is 0 Å². The van der Waals surface area contributed by atoms with Gasteiger partial charge in [0.05, 0.1) is 5.02 Å². The minimum atomic E-state index is -0.464. The summed E-state index contributed by atoms with van der Waals surface area (Å²) < 4.78 is 19.8. The molecular formula is C16H18ClFN2O. The third kappa shape index (κ3) is 4.41. The topological polar surface area (TPSA) is 34.2 Å². The van der Waals surface area contributed by atoms with E-state index in [0.717, 1.165) is 6.54 Å². The van der Waals surface area contributed by atoms with Crippen molar-refractivity contribution in [1.29, 1.82) is 0 Å². The molecule has 0 spiro atoms.